The van der Waals surface area contributed by atoms with Crippen molar-refractivity contribution in [3.8, 4) is 0 Å². The molecule has 2 N–H and O–H groups in total. The highest BCUT2D eigenvalue weighted by Gasteiger charge is 2.18. The van der Waals surface area contributed by atoms with E-state index in [1.54, 1.807) is 6.92 Å². The van der Waals surface area contributed by atoms with Crippen molar-refractivity contribution in [3.63, 3.8) is 0 Å². The molecule has 1 fully saturated rings. The smallest absolute Gasteiger partial charge is 0.306 e. The minimum Gasteiger partial charge on any atom is -0.481 e. The fraction of sp³-hybridized carbons (Fsp3) is 0.818. The van der Waals surface area contributed by atoms with Crippen LogP contribution < -0.4 is 5.32 Å². The Morgan fingerprint density at radius 1 is 1.47 bits per heavy atom. The second-order valence-corrected chi connectivity index (χ2v) is 4.38. The minimum absolute atomic E-state index is 0.0833. The van der Waals surface area contributed by atoms with Crippen LogP contribution in [0.25, 0.3) is 0 Å². The highest BCUT2D eigenvalue weighted by molar-refractivity contribution is 5.81. The Kier molecular flexibility index (Phi) is 4.59. The quantitative estimate of drug-likeness (QED) is 0.701. The first-order chi connectivity index (χ1) is 7.09. The van der Waals surface area contributed by atoms with Crippen molar-refractivity contribution >= 4 is 11.9 Å². The molecule has 0 heterocycles. The Morgan fingerprint density at radius 2 is 2.13 bits per heavy atom. The lowest BCUT2D eigenvalue weighted by Crippen LogP contribution is -2.29. The van der Waals surface area contributed by atoms with Gasteiger partial charge < -0.3 is 10.4 Å². The van der Waals surface area contributed by atoms with Gasteiger partial charge in [0, 0.05) is 13.0 Å². The molecule has 0 radical (unpaired) electrons. The molecule has 4 nitrogen and oxygen atoms in total. The number of aliphatic carboxylic acids is 1. The number of carbonyl (C=O) groups is 2. The number of carboxylic acid groups (broad SMARTS) is 1. The van der Waals surface area contributed by atoms with Crippen molar-refractivity contribution in [2.75, 3.05) is 6.54 Å². The maximum atomic E-state index is 11.3. The Hall–Kier alpha value is -1.06. The van der Waals surface area contributed by atoms with E-state index in [4.69, 9.17) is 5.11 Å². The van der Waals surface area contributed by atoms with Gasteiger partial charge in [0.05, 0.1) is 5.92 Å². The van der Waals surface area contributed by atoms with Gasteiger partial charge in [0.25, 0.3) is 0 Å². The molecule has 86 valence electrons. The summed E-state index contributed by atoms with van der Waals surface area (Å²) in [5.74, 6) is -0.871. The second kappa shape index (κ2) is 5.73. The Bertz CT molecular complexity index is 236. The van der Waals surface area contributed by atoms with E-state index in [0.717, 1.165) is 12.3 Å². The SMILES string of the molecule is CC(CC(=O)NCCC1CCC1)C(=O)O. The lowest BCUT2D eigenvalue weighted by molar-refractivity contribution is -0.143. The number of hydrogen-bond acceptors (Lipinski definition) is 2. The van der Waals surface area contributed by atoms with E-state index in [0.29, 0.717) is 6.54 Å². The fourth-order valence-electron chi connectivity index (χ4n) is 1.63. The number of amides is 1. The zero-order valence-electron chi connectivity index (χ0n) is 9.16. The van der Waals surface area contributed by atoms with Crippen LogP contribution in [0, 0.1) is 11.8 Å². The monoisotopic (exact) mass is 213 g/mol. The van der Waals surface area contributed by atoms with Gasteiger partial charge in [0.2, 0.25) is 5.91 Å². The van der Waals surface area contributed by atoms with Crippen LogP contribution in [0.2, 0.25) is 0 Å². The average molecular weight is 213 g/mol. The number of nitrogens with one attached hydrogen (secondary N) is 1. The van der Waals surface area contributed by atoms with E-state index in [2.05, 4.69) is 5.32 Å². The molecule has 1 amide bonds. The summed E-state index contributed by atoms with van der Waals surface area (Å²) in [6.07, 6.45) is 4.99. The lowest BCUT2D eigenvalue weighted by atomic mass is 9.83. The van der Waals surface area contributed by atoms with Gasteiger partial charge in [-0.3, -0.25) is 9.59 Å². The van der Waals surface area contributed by atoms with Gasteiger partial charge >= 0.3 is 5.97 Å². The highest BCUT2D eigenvalue weighted by Crippen LogP contribution is 2.28. The summed E-state index contributed by atoms with van der Waals surface area (Å²) in [6.45, 7) is 2.24. The van der Waals surface area contributed by atoms with Crippen molar-refractivity contribution in [1.29, 1.82) is 0 Å². The summed E-state index contributed by atoms with van der Waals surface area (Å²) < 4.78 is 0. The molecule has 0 saturated heterocycles. The number of hydrogen-bond donors (Lipinski definition) is 2. The minimum atomic E-state index is -0.913. The summed E-state index contributed by atoms with van der Waals surface area (Å²) in [7, 11) is 0. The molecule has 1 atom stereocenters. The molecule has 0 aromatic heterocycles. The first kappa shape index (κ1) is 12.0. The Morgan fingerprint density at radius 3 is 2.60 bits per heavy atom. The molecule has 1 aliphatic carbocycles. The van der Waals surface area contributed by atoms with Crippen molar-refractivity contribution in [2.24, 2.45) is 11.8 Å². The van der Waals surface area contributed by atoms with E-state index in [-0.39, 0.29) is 12.3 Å². The standard InChI is InChI=1S/C11H19NO3/c1-8(11(14)15)7-10(13)12-6-5-9-3-2-4-9/h8-9H,2-7H2,1H3,(H,12,13)(H,14,15). The van der Waals surface area contributed by atoms with Crippen LogP contribution in [-0.2, 0) is 9.59 Å². The van der Waals surface area contributed by atoms with E-state index in [1.165, 1.54) is 19.3 Å². The topological polar surface area (TPSA) is 66.4 Å². The molecule has 4 heteroatoms. The molecular formula is C11H19NO3. The van der Waals surface area contributed by atoms with E-state index < -0.39 is 11.9 Å². The van der Waals surface area contributed by atoms with E-state index in [9.17, 15) is 9.59 Å². The zero-order valence-corrected chi connectivity index (χ0v) is 9.16. The molecule has 15 heavy (non-hydrogen) atoms. The Labute approximate surface area is 90.0 Å². The van der Waals surface area contributed by atoms with Gasteiger partial charge in [-0.05, 0) is 12.3 Å². The summed E-state index contributed by atoms with van der Waals surface area (Å²) in [5, 5.41) is 11.4. The first-order valence-corrected chi connectivity index (χ1v) is 5.59. The normalized spacial score (nSPS) is 17.9. The summed E-state index contributed by atoms with van der Waals surface area (Å²) in [4.78, 5) is 21.8. The molecule has 0 aromatic rings. The molecule has 0 aromatic carbocycles. The van der Waals surface area contributed by atoms with Crippen LogP contribution in [0.4, 0.5) is 0 Å². The second-order valence-electron chi connectivity index (χ2n) is 4.38. The van der Waals surface area contributed by atoms with Crippen molar-refractivity contribution in [1.82, 2.24) is 5.32 Å². The van der Waals surface area contributed by atoms with Crippen LogP contribution in [-0.4, -0.2) is 23.5 Å². The van der Waals surface area contributed by atoms with Crippen LogP contribution >= 0.6 is 0 Å². The molecule has 0 spiro atoms. The first-order valence-electron chi connectivity index (χ1n) is 5.59. The van der Waals surface area contributed by atoms with Gasteiger partial charge in [-0.15, -0.1) is 0 Å². The largest absolute Gasteiger partial charge is 0.481 e. The highest BCUT2D eigenvalue weighted by atomic mass is 16.4. The third-order valence-electron chi connectivity index (χ3n) is 3.01. The van der Waals surface area contributed by atoms with Crippen molar-refractivity contribution in [2.45, 2.75) is 39.0 Å². The molecule has 0 bridgehead atoms. The zero-order chi connectivity index (χ0) is 11.3. The molecule has 1 rings (SSSR count). The molecule has 1 unspecified atom stereocenters. The van der Waals surface area contributed by atoms with E-state index >= 15 is 0 Å². The van der Waals surface area contributed by atoms with Gasteiger partial charge in [-0.25, -0.2) is 0 Å². The molecular weight excluding hydrogens is 194 g/mol. The summed E-state index contributed by atoms with van der Waals surface area (Å²) >= 11 is 0. The van der Waals surface area contributed by atoms with E-state index in [1.807, 2.05) is 0 Å². The predicted octanol–water partition coefficient (Wildman–Crippen LogP) is 1.40. The summed E-state index contributed by atoms with van der Waals surface area (Å²) in [6, 6.07) is 0. The Balaban J connectivity index is 2.04. The lowest BCUT2D eigenvalue weighted by Gasteiger charge is -2.25. The van der Waals surface area contributed by atoms with Gasteiger partial charge in [0.1, 0.15) is 0 Å². The van der Waals surface area contributed by atoms with Crippen molar-refractivity contribution in [3.05, 3.63) is 0 Å². The number of carboxylic acids is 1. The van der Waals surface area contributed by atoms with Gasteiger partial charge in [-0.1, -0.05) is 26.2 Å². The number of rotatable bonds is 6. The maximum Gasteiger partial charge on any atom is 0.306 e. The van der Waals surface area contributed by atoms with Crippen LogP contribution in [0.5, 0.6) is 0 Å². The number of carbonyl (C=O) groups excluding carboxylic acids is 1. The molecule has 1 aliphatic rings. The fourth-order valence-corrected chi connectivity index (χ4v) is 1.63. The molecule has 1 saturated carbocycles. The third kappa shape index (κ3) is 4.32. The van der Waals surface area contributed by atoms with Crippen LogP contribution in [0.15, 0.2) is 0 Å². The summed E-state index contributed by atoms with van der Waals surface area (Å²) in [5.41, 5.74) is 0. The third-order valence-corrected chi connectivity index (χ3v) is 3.01. The van der Waals surface area contributed by atoms with Crippen LogP contribution in [0.3, 0.4) is 0 Å². The molecule has 0 aliphatic heterocycles. The van der Waals surface area contributed by atoms with Gasteiger partial charge in [-0.2, -0.15) is 0 Å². The maximum absolute atomic E-state index is 11.3. The average Bonchev–Trinajstić information content (AvgIpc) is 2.09. The van der Waals surface area contributed by atoms with Crippen molar-refractivity contribution < 1.29 is 14.7 Å². The van der Waals surface area contributed by atoms with Gasteiger partial charge in [0.15, 0.2) is 0 Å². The predicted molar refractivity (Wildman–Crippen MR) is 56.4 cm³/mol. The van der Waals surface area contributed by atoms with Crippen LogP contribution in [0.1, 0.15) is 39.0 Å².